The van der Waals surface area contributed by atoms with Crippen LogP contribution in [0.2, 0.25) is 0 Å². The molecule has 0 aromatic carbocycles. The van der Waals surface area contributed by atoms with Crippen LogP contribution in [0.15, 0.2) is 0 Å². The van der Waals surface area contributed by atoms with Gasteiger partial charge in [0, 0.05) is 6.04 Å². The van der Waals surface area contributed by atoms with Gasteiger partial charge in [0.25, 0.3) is 5.91 Å². The Labute approximate surface area is 138 Å². The van der Waals surface area contributed by atoms with Gasteiger partial charge in [-0.25, -0.2) is 0 Å². The Kier molecular flexibility index (Phi) is 6.11. The van der Waals surface area contributed by atoms with Crippen LogP contribution in [0.5, 0.6) is 0 Å². The number of alkyl halides is 11. The van der Waals surface area contributed by atoms with Gasteiger partial charge in [0.15, 0.2) is 0 Å². The van der Waals surface area contributed by atoms with Crippen molar-refractivity contribution in [1.82, 2.24) is 5.32 Å². The minimum atomic E-state index is -7.19. The molecule has 1 N–H and O–H groups in total. The highest BCUT2D eigenvalue weighted by Crippen LogP contribution is 2.51. The standard InChI is InChI=1S/C12H12F11NO2/c13-8(10(16,17)18,7(25)24-6-4-2-1-3-5-6)26-12(22,23)9(14,15)11(19,20)21/h6H,1-5H2,(H,24,25). The molecule has 154 valence electrons. The molecular formula is C12H12F11NO2. The van der Waals surface area contributed by atoms with Gasteiger partial charge in [-0.3, -0.25) is 9.53 Å². The van der Waals surface area contributed by atoms with Crippen molar-refractivity contribution in [3.8, 4) is 0 Å². The number of carbonyl (C=O) groups excluding carboxylic acids is 1. The van der Waals surface area contributed by atoms with E-state index in [0.717, 1.165) is 0 Å². The molecule has 1 aliphatic rings. The lowest BCUT2D eigenvalue weighted by molar-refractivity contribution is -0.473. The second-order valence-electron chi connectivity index (χ2n) is 5.59. The van der Waals surface area contributed by atoms with Crippen LogP contribution in [0.3, 0.4) is 0 Å². The number of hydrogen-bond acceptors (Lipinski definition) is 2. The van der Waals surface area contributed by atoms with E-state index in [2.05, 4.69) is 4.74 Å². The fourth-order valence-corrected chi connectivity index (χ4v) is 2.16. The molecule has 0 radical (unpaired) electrons. The molecule has 1 rings (SSSR count). The monoisotopic (exact) mass is 411 g/mol. The molecule has 1 saturated carbocycles. The van der Waals surface area contributed by atoms with Gasteiger partial charge >= 0.3 is 30.2 Å². The SMILES string of the molecule is O=C(NC1CCCCC1)C(F)(OC(F)(F)C(F)(F)C(F)(F)F)C(F)(F)F. The molecule has 14 heteroatoms. The van der Waals surface area contributed by atoms with Crippen molar-refractivity contribution in [3.63, 3.8) is 0 Å². The average Bonchev–Trinajstić information content (AvgIpc) is 2.45. The van der Waals surface area contributed by atoms with Crippen LogP contribution in [-0.2, 0) is 9.53 Å². The van der Waals surface area contributed by atoms with E-state index in [4.69, 9.17) is 0 Å². The van der Waals surface area contributed by atoms with Gasteiger partial charge in [-0.05, 0) is 12.8 Å². The van der Waals surface area contributed by atoms with Crippen molar-refractivity contribution in [1.29, 1.82) is 0 Å². The fourth-order valence-electron chi connectivity index (χ4n) is 2.16. The van der Waals surface area contributed by atoms with Crippen LogP contribution in [0.25, 0.3) is 0 Å². The summed E-state index contributed by atoms with van der Waals surface area (Å²) in [5.74, 6) is -16.2. The largest absolute Gasteiger partial charge is 0.462 e. The smallest absolute Gasteiger partial charge is 0.348 e. The minimum absolute atomic E-state index is 0.0365. The van der Waals surface area contributed by atoms with E-state index in [1.54, 1.807) is 0 Å². The molecule has 0 heterocycles. The molecule has 3 nitrogen and oxygen atoms in total. The number of carbonyl (C=O) groups is 1. The molecule has 0 bridgehead atoms. The summed E-state index contributed by atoms with van der Waals surface area (Å²) < 4.78 is 142. The molecule has 0 saturated heterocycles. The van der Waals surface area contributed by atoms with Crippen LogP contribution in [0, 0.1) is 0 Å². The molecule has 0 aromatic heterocycles. The number of nitrogens with one attached hydrogen (secondary N) is 1. The van der Waals surface area contributed by atoms with Gasteiger partial charge in [0.2, 0.25) is 0 Å². The third kappa shape index (κ3) is 4.31. The van der Waals surface area contributed by atoms with E-state index in [1.807, 2.05) is 0 Å². The lowest BCUT2D eigenvalue weighted by Gasteiger charge is -2.35. The van der Waals surface area contributed by atoms with Crippen molar-refractivity contribution in [2.24, 2.45) is 0 Å². The Morgan fingerprint density at radius 2 is 1.23 bits per heavy atom. The van der Waals surface area contributed by atoms with Crippen molar-refractivity contribution in [3.05, 3.63) is 0 Å². The average molecular weight is 411 g/mol. The van der Waals surface area contributed by atoms with Gasteiger partial charge < -0.3 is 5.32 Å². The Hall–Kier alpha value is -1.34. The number of ether oxygens (including phenoxy) is 1. The zero-order chi connectivity index (χ0) is 20.6. The van der Waals surface area contributed by atoms with Crippen molar-refractivity contribution < 1.29 is 57.8 Å². The highest BCUT2D eigenvalue weighted by Gasteiger charge is 2.79. The van der Waals surface area contributed by atoms with Gasteiger partial charge in [-0.2, -0.15) is 48.3 Å². The molecule has 0 aromatic rings. The Balaban J connectivity index is 3.14. The normalized spacial score (nSPS) is 20.6. The van der Waals surface area contributed by atoms with E-state index >= 15 is 0 Å². The predicted octanol–water partition coefficient (Wildman–Crippen LogP) is 4.47. The second kappa shape index (κ2) is 7.00. The zero-order valence-corrected chi connectivity index (χ0v) is 12.6. The number of amides is 1. The molecule has 1 amide bonds. The van der Waals surface area contributed by atoms with E-state index in [9.17, 15) is 53.1 Å². The molecule has 0 aliphatic heterocycles. The summed E-state index contributed by atoms with van der Waals surface area (Å²) in [5.41, 5.74) is 0. The van der Waals surface area contributed by atoms with Crippen LogP contribution < -0.4 is 5.32 Å². The summed E-state index contributed by atoms with van der Waals surface area (Å²) in [4.78, 5) is 11.4. The first-order chi connectivity index (χ1) is 11.5. The van der Waals surface area contributed by atoms with E-state index in [-0.39, 0.29) is 12.8 Å². The fraction of sp³-hybridized carbons (Fsp3) is 0.917. The first kappa shape index (κ1) is 22.7. The van der Waals surface area contributed by atoms with Gasteiger partial charge in [-0.15, -0.1) is 0 Å². The van der Waals surface area contributed by atoms with Crippen molar-refractivity contribution in [2.75, 3.05) is 0 Å². The van der Waals surface area contributed by atoms with Crippen LogP contribution in [0.4, 0.5) is 48.3 Å². The first-order valence-corrected chi connectivity index (χ1v) is 7.05. The summed E-state index contributed by atoms with van der Waals surface area (Å²) in [6.07, 6.45) is -19.3. The van der Waals surface area contributed by atoms with Crippen LogP contribution >= 0.6 is 0 Å². The van der Waals surface area contributed by atoms with Crippen molar-refractivity contribution >= 4 is 5.91 Å². The lowest BCUT2D eigenvalue weighted by atomic mass is 9.95. The third-order valence-electron chi connectivity index (χ3n) is 3.59. The maximum Gasteiger partial charge on any atom is 0.462 e. The zero-order valence-electron chi connectivity index (χ0n) is 12.6. The molecule has 0 spiro atoms. The van der Waals surface area contributed by atoms with Crippen molar-refractivity contribution in [2.45, 2.75) is 68.4 Å². The van der Waals surface area contributed by atoms with Gasteiger partial charge in [0.05, 0.1) is 0 Å². The maximum absolute atomic E-state index is 13.9. The quantitative estimate of drug-likeness (QED) is 0.679. The lowest BCUT2D eigenvalue weighted by Crippen LogP contribution is -2.64. The first-order valence-electron chi connectivity index (χ1n) is 7.05. The van der Waals surface area contributed by atoms with Gasteiger partial charge in [-0.1, -0.05) is 19.3 Å². The minimum Gasteiger partial charge on any atom is -0.348 e. The summed E-state index contributed by atoms with van der Waals surface area (Å²) in [7, 11) is 0. The highest BCUT2D eigenvalue weighted by molar-refractivity contribution is 5.84. The Morgan fingerprint density at radius 3 is 1.62 bits per heavy atom. The Bertz CT molecular complexity index is 510. The number of rotatable bonds is 5. The summed E-state index contributed by atoms with van der Waals surface area (Å²) in [6, 6.07) is -1.10. The summed E-state index contributed by atoms with van der Waals surface area (Å²) in [6.45, 7) is 0. The molecule has 1 fully saturated rings. The Morgan fingerprint density at radius 1 is 0.769 bits per heavy atom. The predicted molar refractivity (Wildman–Crippen MR) is 61.9 cm³/mol. The summed E-state index contributed by atoms with van der Waals surface area (Å²) >= 11 is 0. The topological polar surface area (TPSA) is 38.3 Å². The van der Waals surface area contributed by atoms with Crippen LogP contribution in [-0.4, -0.2) is 42.2 Å². The van der Waals surface area contributed by atoms with Crippen LogP contribution in [0.1, 0.15) is 32.1 Å². The third-order valence-corrected chi connectivity index (χ3v) is 3.59. The maximum atomic E-state index is 13.9. The second-order valence-corrected chi connectivity index (χ2v) is 5.59. The van der Waals surface area contributed by atoms with E-state index < -0.39 is 42.2 Å². The number of halogens is 11. The van der Waals surface area contributed by atoms with E-state index in [1.165, 1.54) is 5.32 Å². The summed E-state index contributed by atoms with van der Waals surface area (Å²) in [5, 5.41) is 1.36. The molecular weight excluding hydrogens is 399 g/mol. The molecule has 1 unspecified atom stereocenters. The number of hydrogen-bond donors (Lipinski definition) is 1. The molecule has 1 aliphatic carbocycles. The van der Waals surface area contributed by atoms with E-state index in [0.29, 0.717) is 19.3 Å². The van der Waals surface area contributed by atoms with Gasteiger partial charge in [0.1, 0.15) is 0 Å². The molecule has 26 heavy (non-hydrogen) atoms. The highest BCUT2D eigenvalue weighted by atomic mass is 19.4. The molecule has 1 atom stereocenters.